The predicted octanol–water partition coefficient (Wildman–Crippen LogP) is 4.10. The van der Waals surface area contributed by atoms with Gasteiger partial charge in [0.25, 0.3) is 0 Å². The third-order valence-electron chi connectivity index (χ3n) is 3.61. The molecular weight excluding hydrogens is 290 g/mol. The minimum Gasteiger partial charge on any atom is -0.439 e. The van der Waals surface area contributed by atoms with Gasteiger partial charge in [-0.2, -0.15) is 0 Å². The van der Waals surface area contributed by atoms with Gasteiger partial charge in [0, 0.05) is 17.8 Å². The van der Waals surface area contributed by atoms with E-state index >= 15 is 0 Å². The molecule has 23 heavy (non-hydrogen) atoms. The summed E-state index contributed by atoms with van der Waals surface area (Å²) in [5.41, 5.74) is 3.72. The Hall–Kier alpha value is -2.40. The summed E-state index contributed by atoms with van der Waals surface area (Å²) < 4.78 is 5.72. The molecule has 1 heterocycles. The number of hydrogen-bond donors (Lipinski definition) is 2. The highest BCUT2D eigenvalue weighted by atomic mass is 16.5. The molecule has 0 unspecified atom stereocenters. The van der Waals surface area contributed by atoms with Gasteiger partial charge in [-0.25, -0.2) is 4.98 Å². The molecule has 0 aliphatic carbocycles. The van der Waals surface area contributed by atoms with Crippen LogP contribution < -0.4 is 10.2 Å². The Labute approximate surface area is 137 Å². The number of benzene rings is 1. The molecule has 0 saturated heterocycles. The number of pyridine rings is 1. The summed E-state index contributed by atoms with van der Waals surface area (Å²) in [7, 11) is 0. The highest BCUT2D eigenvalue weighted by Crippen LogP contribution is 2.21. The van der Waals surface area contributed by atoms with Crippen molar-refractivity contribution in [1.29, 1.82) is 0 Å². The number of nitrogens with one attached hydrogen (secondary N) is 1. The van der Waals surface area contributed by atoms with Crippen LogP contribution in [0.4, 0.5) is 0 Å². The zero-order valence-electron chi connectivity index (χ0n) is 14.0. The van der Waals surface area contributed by atoms with Gasteiger partial charge >= 0.3 is 0 Å². The third-order valence-corrected chi connectivity index (χ3v) is 3.61. The van der Waals surface area contributed by atoms with Crippen molar-refractivity contribution >= 4 is 5.84 Å². The molecule has 0 fully saturated rings. The third kappa shape index (κ3) is 4.79. The van der Waals surface area contributed by atoms with Gasteiger partial charge in [0.05, 0.1) is 5.54 Å². The Morgan fingerprint density at radius 1 is 1.30 bits per heavy atom. The van der Waals surface area contributed by atoms with Crippen molar-refractivity contribution in [2.75, 3.05) is 0 Å². The molecule has 0 bridgehead atoms. The van der Waals surface area contributed by atoms with Crippen LogP contribution >= 0.6 is 0 Å². The molecule has 5 heteroatoms. The average molecular weight is 313 g/mol. The van der Waals surface area contributed by atoms with Crippen LogP contribution in [0.1, 0.15) is 38.3 Å². The maximum Gasteiger partial charge on any atom is 0.219 e. The first kappa shape index (κ1) is 17.0. The molecular formula is C18H23N3O2. The van der Waals surface area contributed by atoms with Crippen LogP contribution in [0.15, 0.2) is 47.6 Å². The van der Waals surface area contributed by atoms with Crippen LogP contribution in [0.2, 0.25) is 0 Å². The number of hydroxylamine groups is 1. The average Bonchev–Trinajstić information content (AvgIpc) is 2.53. The Kier molecular flexibility index (Phi) is 5.34. The fraction of sp³-hybridized carbons (Fsp3) is 0.333. The summed E-state index contributed by atoms with van der Waals surface area (Å²) in [5.74, 6) is 1.63. The molecule has 0 atom stereocenters. The van der Waals surface area contributed by atoms with Crippen molar-refractivity contribution in [2.45, 2.75) is 39.7 Å². The number of hydrogen-bond acceptors (Lipinski definition) is 4. The number of aryl methyl sites for hydroxylation is 1. The lowest BCUT2D eigenvalue weighted by Gasteiger charge is -2.19. The fourth-order valence-electron chi connectivity index (χ4n) is 1.92. The van der Waals surface area contributed by atoms with E-state index < -0.39 is 0 Å². The van der Waals surface area contributed by atoms with Crippen LogP contribution in [0.25, 0.3) is 0 Å². The lowest BCUT2D eigenvalue weighted by molar-refractivity contribution is 0.233. The lowest BCUT2D eigenvalue weighted by Crippen LogP contribution is -2.27. The SMILES string of the molecule is CCC(C)(C)N=C(NO)c1ccc(Oc2cccc(C)c2)nc1. The van der Waals surface area contributed by atoms with Crippen LogP contribution in [0.3, 0.4) is 0 Å². The van der Waals surface area contributed by atoms with Crippen molar-refractivity contribution in [3.8, 4) is 11.6 Å². The van der Waals surface area contributed by atoms with E-state index in [2.05, 4.69) is 22.4 Å². The van der Waals surface area contributed by atoms with Gasteiger partial charge < -0.3 is 4.74 Å². The molecule has 0 aliphatic heterocycles. The smallest absolute Gasteiger partial charge is 0.219 e. The van der Waals surface area contributed by atoms with Gasteiger partial charge in [-0.3, -0.25) is 15.7 Å². The minimum atomic E-state index is -0.262. The molecule has 0 saturated carbocycles. The van der Waals surface area contributed by atoms with Crippen LogP contribution in [-0.2, 0) is 0 Å². The van der Waals surface area contributed by atoms with Crippen LogP contribution in [0, 0.1) is 6.92 Å². The standard InChI is InChI=1S/C18H23N3O2/c1-5-18(3,4)20-17(21-22)14-9-10-16(19-12-14)23-15-8-6-7-13(2)11-15/h6-12,22H,5H2,1-4H3,(H,20,21). The van der Waals surface area contributed by atoms with Crippen molar-refractivity contribution in [2.24, 2.45) is 4.99 Å². The molecule has 0 spiro atoms. The first-order chi connectivity index (χ1) is 10.9. The number of rotatable bonds is 5. The second kappa shape index (κ2) is 7.24. The Morgan fingerprint density at radius 3 is 2.65 bits per heavy atom. The van der Waals surface area contributed by atoms with Gasteiger partial charge in [0.1, 0.15) is 5.75 Å². The van der Waals surface area contributed by atoms with Crippen molar-refractivity contribution in [3.63, 3.8) is 0 Å². The Morgan fingerprint density at radius 2 is 2.09 bits per heavy atom. The summed E-state index contributed by atoms with van der Waals surface area (Å²) in [6.45, 7) is 8.07. The molecule has 0 aliphatic rings. The molecule has 122 valence electrons. The zero-order chi connectivity index (χ0) is 16.9. The second-order valence-electron chi connectivity index (χ2n) is 6.04. The van der Waals surface area contributed by atoms with E-state index in [0.29, 0.717) is 17.3 Å². The predicted molar refractivity (Wildman–Crippen MR) is 91.3 cm³/mol. The normalized spacial score (nSPS) is 12.1. The number of nitrogens with zero attached hydrogens (tertiary/aromatic N) is 2. The van der Waals surface area contributed by atoms with Gasteiger partial charge in [-0.05, 0) is 51.0 Å². The van der Waals surface area contributed by atoms with E-state index in [-0.39, 0.29) is 5.54 Å². The van der Waals surface area contributed by atoms with Gasteiger partial charge in [0.15, 0.2) is 5.84 Å². The highest BCUT2D eigenvalue weighted by Gasteiger charge is 2.15. The molecule has 0 amide bonds. The Bertz CT molecular complexity index is 679. The summed E-state index contributed by atoms with van der Waals surface area (Å²) in [5, 5.41) is 9.33. The zero-order valence-corrected chi connectivity index (χ0v) is 14.0. The van der Waals surface area contributed by atoms with Crippen LogP contribution in [0.5, 0.6) is 11.6 Å². The maximum absolute atomic E-state index is 9.33. The molecule has 1 aromatic carbocycles. The summed E-state index contributed by atoms with van der Waals surface area (Å²) in [4.78, 5) is 8.79. The molecule has 2 aromatic rings. The topological polar surface area (TPSA) is 66.7 Å². The largest absolute Gasteiger partial charge is 0.439 e. The second-order valence-corrected chi connectivity index (χ2v) is 6.04. The van der Waals surface area contributed by atoms with E-state index in [1.807, 2.05) is 51.1 Å². The summed E-state index contributed by atoms with van der Waals surface area (Å²) >= 11 is 0. The monoisotopic (exact) mass is 313 g/mol. The maximum atomic E-state index is 9.33. The van der Waals surface area contributed by atoms with Crippen molar-refractivity contribution < 1.29 is 9.94 Å². The molecule has 2 rings (SSSR count). The lowest BCUT2D eigenvalue weighted by atomic mass is 10.0. The van der Waals surface area contributed by atoms with E-state index in [1.165, 1.54) is 0 Å². The number of amidine groups is 1. The highest BCUT2D eigenvalue weighted by molar-refractivity contribution is 5.98. The van der Waals surface area contributed by atoms with E-state index in [4.69, 9.17) is 4.74 Å². The van der Waals surface area contributed by atoms with Crippen LogP contribution in [-0.4, -0.2) is 21.6 Å². The van der Waals surface area contributed by atoms with E-state index in [0.717, 1.165) is 17.7 Å². The van der Waals surface area contributed by atoms with Crippen molar-refractivity contribution in [3.05, 3.63) is 53.7 Å². The molecule has 5 nitrogen and oxygen atoms in total. The van der Waals surface area contributed by atoms with Gasteiger partial charge in [-0.1, -0.05) is 19.1 Å². The number of ether oxygens (including phenoxy) is 1. The molecule has 0 radical (unpaired) electrons. The van der Waals surface area contributed by atoms with E-state index in [9.17, 15) is 5.21 Å². The van der Waals surface area contributed by atoms with E-state index in [1.54, 1.807) is 12.3 Å². The summed E-state index contributed by atoms with van der Waals surface area (Å²) in [6.07, 6.45) is 2.49. The fourth-order valence-corrected chi connectivity index (χ4v) is 1.92. The first-order valence-corrected chi connectivity index (χ1v) is 7.64. The Balaban J connectivity index is 2.18. The quantitative estimate of drug-likeness (QED) is 0.495. The first-order valence-electron chi connectivity index (χ1n) is 7.64. The summed E-state index contributed by atoms with van der Waals surface area (Å²) in [6, 6.07) is 11.3. The van der Waals surface area contributed by atoms with Gasteiger partial charge in [0.2, 0.25) is 5.88 Å². The molecule has 1 aromatic heterocycles. The minimum absolute atomic E-state index is 0.262. The molecule has 2 N–H and O–H groups in total. The van der Waals surface area contributed by atoms with Gasteiger partial charge in [-0.15, -0.1) is 0 Å². The number of aliphatic imine (C=N–C) groups is 1. The number of aromatic nitrogens is 1. The van der Waals surface area contributed by atoms with Crippen molar-refractivity contribution in [1.82, 2.24) is 10.5 Å².